The third kappa shape index (κ3) is 13.0. The molecule has 0 bridgehead atoms. The molecule has 3 heteroatoms. The fourth-order valence-electron chi connectivity index (χ4n) is 0.510. The molecule has 0 N–H and O–H groups in total. The molecule has 3 aliphatic heterocycles. The van der Waals surface area contributed by atoms with Crippen LogP contribution in [0.3, 0.4) is 0 Å². The summed E-state index contributed by atoms with van der Waals surface area (Å²) in [6.45, 7) is 6.00. The molecule has 0 aromatic heterocycles. The van der Waals surface area contributed by atoms with Gasteiger partial charge < -0.3 is 14.2 Å². The highest BCUT2D eigenvalue weighted by Gasteiger charge is 1.95. The Morgan fingerprint density at radius 3 is 0.909 bits per heavy atom. The van der Waals surface area contributed by atoms with Crippen LogP contribution in [-0.2, 0) is 14.2 Å². The van der Waals surface area contributed by atoms with Crippen molar-refractivity contribution in [1.82, 2.24) is 0 Å². The van der Waals surface area contributed by atoms with Gasteiger partial charge in [0.2, 0.25) is 0 Å². The maximum absolute atomic E-state index is 4.94. The van der Waals surface area contributed by atoms with Crippen molar-refractivity contribution in [1.29, 1.82) is 0 Å². The van der Waals surface area contributed by atoms with E-state index in [-0.39, 0.29) is 0 Å². The molecule has 3 aliphatic rings. The van der Waals surface area contributed by atoms with Gasteiger partial charge in [0.05, 0.1) is 26.4 Å². The summed E-state index contributed by atoms with van der Waals surface area (Å²) in [4.78, 5) is 0. The summed E-state index contributed by atoms with van der Waals surface area (Å²) >= 11 is 0. The summed E-state index contributed by atoms with van der Waals surface area (Å²) in [7, 11) is 0. The van der Waals surface area contributed by atoms with Crippen molar-refractivity contribution in [2.75, 3.05) is 39.6 Å². The summed E-state index contributed by atoms with van der Waals surface area (Å²) in [6, 6.07) is 0. The molecule has 0 aromatic rings. The summed E-state index contributed by atoms with van der Waals surface area (Å²) < 4.78 is 13.9. The molecular weight excluding hydrogens is 144 g/mol. The molecule has 11 heavy (non-hydrogen) atoms. The first-order chi connectivity index (χ1) is 5.50. The predicted molar refractivity (Wildman–Crippen MR) is 41.7 cm³/mol. The number of rotatable bonds is 0. The highest BCUT2D eigenvalue weighted by atomic mass is 16.6. The third-order valence-electron chi connectivity index (χ3n) is 1.24. The molecule has 66 valence electrons. The Labute approximate surface area is 67.6 Å². The van der Waals surface area contributed by atoms with Gasteiger partial charge in [-0.05, 0) is 12.8 Å². The largest absolute Gasteiger partial charge is 0.381 e. The zero-order chi connectivity index (χ0) is 7.78. The van der Waals surface area contributed by atoms with Gasteiger partial charge in [0.25, 0.3) is 0 Å². The van der Waals surface area contributed by atoms with E-state index in [0.29, 0.717) is 0 Å². The lowest BCUT2D eigenvalue weighted by molar-refractivity contribution is 0.198. The SMILES string of the molecule is C1CCOC1.C1CO1.C1CO1. The molecule has 0 spiro atoms. The van der Waals surface area contributed by atoms with Crippen LogP contribution in [0.15, 0.2) is 0 Å². The van der Waals surface area contributed by atoms with Gasteiger partial charge in [0, 0.05) is 13.2 Å². The van der Waals surface area contributed by atoms with Crippen LogP contribution < -0.4 is 0 Å². The zero-order valence-corrected chi connectivity index (χ0v) is 6.88. The monoisotopic (exact) mass is 160 g/mol. The molecule has 3 rings (SSSR count). The summed E-state index contributed by atoms with van der Waals surface area (Å²) in [5, 5.41) is 0. The van der Waals surface area contributed by atoms with Crippen LogP contribution in [0.2, 0.25) is 0 Å². The number of hydrogen-bond acceptors (Lipinski definition) is 3. The molecule has 0 unspecified atom stereocenters. The van der Waals surface area contributed by atoms with Crippen LogP contribution in [-0.4, -0.2) is 39.6 Å². The minimum Gasteiger partial charge on any atom is -0.381 e. The molecule has 0 aromatic carbocycles. The summed E-state index contributed by atoms with van der Waals surface area (Å²) in [5.41, 5.74) is 0. The maximum atomic E-state index is 4.94. The molecular formula is C8H16O3. The van der Waals surface area contributed by atoms with Gasteiger partial charge in [-0.3, -0.25) is 0 Å². The summed E-state index contributed by atoms with van der Waals surface area (Å²) in [6.07, 6.45) is 2.56. The normalized spacial score (nSPS) is 24.0. The van der Waals surface area contributed by atoms with Gasteiger partial charge in [-0.2, -0.15) is 0 Å². The van der Waals surface area contributed by atoms with E-state index in [1.54, 1.807) is 0 Å². The first-order valence-corrected chi connectivity index (χ1v) is 4.23. The van der Waals surface area contributed by atoms with Crippen molar-refractivity contribution in [3.05, 3.63) is 0 Å². The van der Waals surface area contributed by atoms with Crippen LogP contribution in [0.25, 0.3) is 0 Å². The quantitative estimate of drug-likeness (QED) is 0.492. The third-order valence-corrected chi connectivity index (χ3v) is 1.24. The molecule has 0 aliphatic carbocycles. The second-order valence-corrected chi connectivity index (χ2v) is 2.54. The van der Waals surface area contributed by atoms with E-state index in [1.165, 1.54) is 12.8 Å². The van der Waals surface area contributed by atoms with Gasteiger partial charge in [-0.15, -0.1) is 0 Å². The Kier molecular flexibility index (Phi) is 5.37. The Hall–Kier alpha value is -0.120. The van der Waals surface area contributed by atoms with Crippen molar-refractivity contribution in [3.63, 3.8) is 0 Å². The van der Waals surface area contributed by atoms with Crippen LogP contribution in [0.1, 0.15) is 12.8 Å². The molecule has 0 saturated carbocycles. The minimum atomic E-state index is 1.00. The second kappa shape index (κ2) is 6.58. The highest BCUT2D eigenvalue weighted by Crippen LogP contribution is 1.98. The Morgan fingerprint density at radius 1 is 0.455 bits per heavy atom. The van der Waals surface area contributed by atoms with Crippen LogP contribution >= 0.6 is 0 Å². The number of hydrogen-bond donors (Lipinski definition) is 0. The average Bonchev–Trinajstić information content (AvgIpc) is 2.90. The second-order valence-electron chi connectivity index (χ2n) is 2.54. The van der Waals surface area contributed by atoms with E-state index in [9.17, 15) is 0 Å². The van der Waals surface area contributed by atoms with E-state index in [2.05, 4.69) is 9.47 Å². The minimum absolute atomic E-state index is 1.00. The van der Waals surface area contributed by atoms with Crippen molar-refractivity contribution in [3.8, 4) is 0 Å². The van der Waals surface area contributed by atoms with E-state index in [1.807, 2.05) is 0 Å². The fourth-order valence-corrected chi connectivity index (χ4v) is 0.510. The van der Waals surface area contributed by atoms with E-state index >= 15 is 0 Å². The standard InChI is InChI=1S/C4H8O.2C2H4O/c1-2-4-5-3-1;2*1-2-3-1/h1-4H2;2*1-2H2. The average molecular weight is 160 g/mol. The molecule has 0 amide bonds. The first kappa shape index (κ1) is 8.97. The molecule has 3 heterocycles. The molecule has 0 atom stereocenters. The molecule has 0 radical (unpaired) electrons. The zero-order valence-electron chi connectivity index (χ0n) is 6.88. The van der Waals surface area contributed by atoms with Crippen LogP contribution in [0.4, 0.5) is 0 Å². The maximum Gasteiger partial charge on any atom is 0.0701 e. The first-order valence-electron chi connectivity index (χ1n) is 4.23. The molecule has 3 nitrogen and oxygen atoms in total. The van der Waals surface area contributed by atoms with Gasteiger partial charge in [0.1, 0.15) is 0 Å². The lowest BCUT2D eigenvalue weighted by Crippen LogP contribution is -1.74. The smallest absolute Gasteiger partial charge is 0.0701 e. The van der Waals surface area contributed by atoms with Crippen molar-refractivity contribution in [2.45, 2.75) is 12.8 Å². The van der Waals surface area contributed by atoms with Crippen LogP contribution in [0.5, 0.6) is 0 Å². The Morgan fingerprint density at radius 2 is 0.818 bits per heavy atom. The van der Waals surface area contributed by atoms with E-state index in [4.69, 9.17) is 4.74 Å². The van der Waals surface area contributed by atoms with E-state index in [0.717, 1.165) is 39.6 Å². The Bertz CT molecular complexity index is 58.3. The van der Waals surface area contributed by atoms with Gasteiger partial charge in [-0.25, -0.2) is 0 Å². The summed E-state index contributed by atoms with van der Waals surface area (Å²) in [5.74, 6) is 0. The lowest BCUT2D eigenvalue weighted by Gasteiger charge is -1.76. The van der Waals surface area contributed by atoms with Crippen LogP contribution in [0, 0.1) is 0 Å². The van der Waals surface area contributed by atoms with E-state index < -0.39 is 0 Å². The van der Waals surface area contributed by atoms with Crippen molar-refractivity contribution < 1.29 is 14.2 Å². The fraction of sp³-hybridized carbons (Fsp3) is 1.00. The Balaban J connectivity index is 0.0000000871. The highest BCUT2D eigenvalue weighted by molar-refractivity contribution is 4.43. The van der Waals surface area contributed by atoms with Gasteiger partial charge in [-0.1, -0.05) is 0 Å². The van der Waals surface area contributed by atoms with Gasteiger partial charge >= 0.3 is 0 Å². The van der Waals surface area contributed by atoms with Gasteiger partial charge in [0.15, 0.2) is 0 Å². The van der Waals surface area contributed by atoms with Crippen molar-refractivity contribution >= 4 is 0 Å². The molecule has 3 fully saturated rings. The predicted octanol–water partition coefficient (Wildman–Crippen LogP) is 0.830. The molecule has 3 saturated heterocycles. The lowest BCUT2D eigenvalue weighted by atomic mass is 10.4. The number of epoxide rings is 2. The number of ether oxygens (including phenoxy) is 3. The van der Waals surface area contributed by atoms with Crippen molar-refractivity contribution in [2.24, 2.45) is 0 Å². The topological polar surface area (TPSA) is 34.3 Å².